The van der Waals surface area contributed by atoms with E-state index in [9.17, 15) is 13.2 Å². The third-order valence-corrected chi connectivity index (χ3v) is 3.50. The van der Waals surface area contributed by atoms with Crippen LogP contribution in [0.2, 0.25) is 0 Å². The van der Waals surface area contributed by atoms with Crippen LogP contribution in [0.25, 0.3) is 0 Å². The van der Waals surface area contributed by atoms with E-state index in [-0.39, 0.29) is 17.9 Å². The summed E-state index contributed by atoms with van der Waals surface area (Å²) in [6.45, 7) is 0.355. The van der Waals surface area contributed by atoms with Gasteiger partial charge in [0.05, 0.1) is 6.10 Å². The highest BCUT2D eigenvalue weighted by molar-refractivity contribution is 5.33. The highest BCUT2D eigenvalue weighted by Gasteiger charge is 2.32. The maximum atomic E-state index is 12.3. The lowest BCUT2D eigenvalue weighted by atomic mass is 10.1. The lowest BCUT2D eigenvalue weighted by molar-refractivity contribution is -0.274. The Balaban J connectivity index is 1.93. The van der Waals surface area contributed by atoms with Crippen molar-refractivity contribution in [2.75, 3.05) is 7.11 Å². The van der Waals surface area contributed by atoms with Crippen LogP contribution >= 0.6 is 0 Å². The zero-order valence-electron chi connectivity index (χ0n) is 11.2. The Kier molecular flexibility index (Phi) is 4.88. The van der Waals surface area contributed by atoms with Gasteiger partial charge in [0.2, 0.25) is 0 Å². The monoisotopic (exact) mass is 289 g/mol. The van der Waals surface area contributed by atoms with E-state index in [1.807, 2.05) is 0 Å². The quantitative estimate of drug-likeness (QED) is 0.902. The molecule has 1 aromatic rings. The SMILES string of the molecule is COC1CCC(NCc2ccccc2OC(F)(F)F)C1. The molecular formula is C14H18F3NO2. The molecule has 3 nitrogen and oxygen atoms in total. The first-order valence-corrected chi connectivity index (χ1v) is 6.58. The number of benzene rings is 1. The van der Waals surface area contributed by atoms with E-state index in [0.29, 0.717) is 12.1 Å². The number of methoxy groups -OCH3 is 1. The summed E-state index contributed by atoms with van der Waals surface area (Å²) in [5.74, 6) is -0.145. The molecule has 1 N–H and O–H groups in total. The molecule has 2 atom stereocenters. The van der Waals surface area contributed by atoms with E-state index in [1.165, 1.54) is 12.1 Å². The molecule has 2 unspecified atom stereocenters. The van der Waals surface area contributed by atoms with Crippen LogP contribution in [0.1, 0.15) is 24.8 Å². The fourth-order valence-corrected chi connectivity index (χ4v) is 2.47. The van der Waals surface area contributed by atoms with Gasteiger partial charge in [-0.25, -0.2) is 0 Å². The highest BCUT2D eigenvalue weighted by Crippen LogP contribution is 2.27. The van der Waals surface area contributed by atoms with Gasteiger partial charge in [0.1, 0.15) is 5.75 Å². The smallest absolute Gasteiger partial charge is 0.405 e. The lowest BCUT2D eigenvalue weighted by Gasteiger charge is -2.16. The van der Waals surface area contributed by atoms with Crippen LogP contribution in [0.5, 0.6) is 5.75 Å². The maximum absolute atomic E-state index is 12.3. The molecule has 112 valence electrons. The summed E-state index contributed by atoms with van der Waals surface area (Å²) in [5.41, 5.74) is 0.505. The van der Waals surface area contributed by atoms with Crippen LogP contribution in [0.4, 0.5) is 13.2 Å². The second kappa shape index (κ2) is 6.45. The Morgan fingerprint density at radius 3 is 2.65 bits per heavy atom. The third-order valence-electron chi connectivity index (χ3n) is 3.50. The predicted molar refractivity (Wildman–Crippen MR) is 68.4 cm³/mol. The summed E-state index contributed by atoms with van der Waals surface area (Å²) in [5, 5.41) is 3.26. The first-order valence-electron chi connectivity index (χ1n) is 6.58. The Hall–Kier alpha value is -1.27. The lowest BCUT2D eigenvalue weighted by Crippen LogP contribution is -2.27. The van der Waals surface area contributed by atoms with Crippen molar-refractivity contribution < 1.29 is 22.6 Å². The molecule has 0 heterocycles. The molecule has 0 aliphatic heterocycles. The van der Waals surface area contributed by atoms with Gasteiger partial charge in [0.15, 0.2) is 0 Å². The van der Waals surface area contributed by atoms with E-state index < -0.39 is 6.36 Å². The van der Waals surface area contributed by atoms with Crippen LogP contribution in [-0.2, 0) is 11.3 Å². The van der Waals surface area contributed by atoms with Gasteiger partial charge in [-0.3, -0.25) is 0 Å². The Labute approximate surface area is 116 Å². The highest BCUT2D eigenvalue weighted by atomic mass is 19.4. The first-order chi connectivity index (χ1) is 9.48. The molecule has 20 heavy (non-hydrogen) atoms. The minimum Gasteiger partial charge on any atom is -0.405 e. The summed E-state index contributed by atoms with van der Waals surface area (Å²) >= 11 is 0. The van der Waals surface area contributed by atoms with Crippen molar-refractivity contribution in [3.63, 3.8) is 0 Å². The number of rotatable bonds is 5. The van der Waals surface area contributed by atoms with Gasteiger partial charge in [-0.2, -0.15) is 0 Å². The molecule has 0 aromatic heterocycles. The molecule has 2 rings (SSSR count). The average Bonchev–Trinajstić information content (AvgIpc) is 2.84. The number of hydrogen-bond acceptors (Lipinski definition) is 3. The van der Waals surface area contributed by atoms with E-state index in [4.69, 9.17) is 4.74 Å². The number of halogens is 3. The maximum Gasteiger partial charge on any atom is 0.573 e. The summed E-state index contributed by atoms with van der Waals surface area (Å²) < 4.78 is 46.2. The van der Waals surface area contributed by atoms with Gasteiger partial charge in [-0.15, -0.1) is 13.2 Å². The van der Waals surface area contributed by atoms with E-state index in [1.54, 1.807) is 19.2 Å². The summed E-state index contributed by atoms with van der Waals surface area (Å²) in [7, 11) is 1.68. The molecule has 1 aromatic carbocycles. The van der Waals surface area contributed by atoms with Crippen molar-refractivity contribution in [3.8, 4) is 5.75 Å². The fourth-order valence-electron chi connectivity index (χ4n) is 2.47. The molecule has 0 radical (unpaired) electrons. The molecule has 0 amide bonds. The molecule has 0 spiro atoms. The second-order valence-electron chi connectivity index (χ2n) is 4.90. The zero-order valence-corrected chi connectivity index (χ0v) is 11.2. The van der Waals surface area contributed by atoms with Gasteiger partial charge in [0, 0.05) is 25.3 Å². The van der Waals surface area contributed by atoms with Gasteiger partial charge in [0.25, 0.3) is 0 Å². The molecule has 1 aliphatic rings. The number of para-hydroxylation sites is 1. The average molecular weight is 289 g/mol. The van der Waals surface area contributed by atoms with Crippen molar-refractivity contribution >= 4 is 0 Å². The third kappa shape index (κ3) is 4.38. The summed E-state index contributed by atoms with van der Waals surface area (Å²) in [4.78, 5) is 0. The van der Waals surface area contributed by atoms with Crippen molar-refractivity contribution in [1.29, 1.82) is 0 Å². The van der Waals surface area contributed by atoms with Gasteiger partial charge < -0.3 is 14.8 Å². The van der Waals surface area contributed by atoms with Crippen LogP contribution in [0.3, 0.4) is 0 Å². The number of nitrogens with one attached hydrogen (secondary N) is 1. The van der Waals surface area contributed by atoms with Crippen molar-refractivity contribution in [2.24, 2.45) is 0 Å². The molecule has 6 heteroatoms. The minimum atomic E-state index is -4.66. The van der Waals surface area contributed by atoms with Crippen LogP contribution in [-0.4, -0.2) is 25.6 Å². The van der Waals surface area contributed by atoms with Crippen molar-refractivity contribution in [1.82, 2.24) is 5.32 Å². The zero-order chi connectivity index (χ0) is 14.6. The molecule has 0 saturated heterocycles. The van der Waals surface area contributed by atoms with Crippen molar-refractivity contribution in [2.45, 2.75) is 44.3 Å². The standard InChI is InChI=1S/C14H18F3NO2/c1-19-12-7-6-11(8-12)18-9-10-4-2-3-5-13(10)20-14(15,16)17/h2-5,11-12,18H,6-9H2,1H3. The summed E-state index contributed by atoms with van der Waals surface area (Å²) in [6.07, 6.45) is -1.58. The Bertz CT molecular complexity index is 437. The molecule has 1 fully saturated rings. The second-order valence-corrected chi connectivity index (χ2v) is 4.90. The van der Waals surface area contributed by atoms with E-state index in [2.05, 4.69) is 10.1 Å². The predicted octanol–water partition coefficient (Wildman–Crippen LogP) is 3.24. The number of hydrogen-bond donors (Lipinski definition) is 1. The Morgan fingerprint density at radius 1 is 1.25 bits per heavy atom. The molecule has 1 saturated carbocycles. The molecule has 1 aliphatic carbocycles. The topological polar surface area (TPSA) is 30.5 Å². The minimum absolute atomic E-state index is 0.145. The van der Waals surface area contributed by atoms with Crippen LogP contribution in [0.15, 0.2) is 24.3 Å². The normalized spacial score (nSPS) is 23.0. The van der Waals surface area contributed by atoms with Crippen LogP contribution in [0, 0.1) is 0 Å². The van der Waals surface area contributed by atoms with Gasteiger partial charge in [-0.05, 0) is 25.3 Å². The van der Waals surface area contributed by atoms with Gasteiger partial charge >= 0.3 is 6.36 Å². The number of ether oxygens (including phenoxy) is 2. The van der Waals surface area contributed by atoms with Gasteiger partial charge in [-0.1, -0.05) is 18.2 Å². The summed E-state index contributed by atoms with van der Waals surface area (Å²) in [6, 6.07) is 6.47. The number of alkyl halides is 3. The fraction of sp³-hybridized carbons (Fsp3) is 0.571. The van der Waals surface area contributed by atoms with Crippen LogP contribution < -0.4 is 10.1 Å². The van der Waals surface area contributed by atoms with E-state index in [0.717, 1.165) is 19.3 Å². The first kappa shape index (κ1) is 15.1. The molecular weight excluding hydrogens is 271 g/mol. The Morgan fingerprint density at radius 2 is 2.00 bits per heavy atom. The molecule has 0 bridgehead atoms. The largest absolute Gasteiger partial charge is 0.573 e. The van der Waals surface area contributed by atoms with E-state index >= 15 is 0 Å². The van der Waals surface area contributed by atoms with Crippen molar-refractivity contribution in [3.05, 3.63) is 29.8 Å².